The smallest absolute Gasteiger partial charge is 0.475 e. The van der Waals surface area contributed by atoms with Gasteiger partial charge in [0.05, 0.1) is 0 Å². The number of hydrogen-bond donors (Lipinski definition) is 8. The largest absolute Gasteiger partial charge is 0.490 e. The molecule has 0 bridgehead atoms. The van der Waals surface area contributed by atoms with Crippen molar-refractivity contribution in [3.05, 3.63) is 35.4 Å². The van der Waals surface area contributed by atoms with Gasteiger partial charge in [-0.3, -0.25) is 24.8 Å². The topological polar surface area (TPSA) is 253 Å². The molecule has 3 rings (SSSR count). The zero-order valence-electron chi connectivity index (χ0n) is 27.8. The maximum atomic E-state index is 14.0. The minimum atomic E-state index is -5.08. The van der Waals surface area contributed by atoms with Crippen LogP contribution in [0.15, 0.2) is 29.3 Å². The molecule has 49 heavy (non-hydrogen) atoms. The van der Waals surface area contributed by atoms with Crippen molar-refractivity contribution in [1.29, 1.82) is 5.41 Å². The average Bonchev–Trinajstić information content (AvgIpc) is 3.05. The molecule has 274 valence electrons. The molecule has 2 saturated carbocycles. The Morgan fingerprint density at radius 3 is 1.88 bits per heavy atom. The second-order valence-corrected chi connectivity index (χ2v) is 12.8. The van der Waals surface area contributed by atoms with E-state index in [9.17, 15) is 27.6 Å². The van der Waals surface area contributed by atoms with Crippen LogP contribution in [0.2, 0.25) is 0 Å². The number of nitrogens with one attached hydrogen (secondary N) is 3. The van der Waals surface area contributed by atoms with Crippen LogP contribution in [0.1, 0.15) is 94.6 Å². The number of carboxylic acid groups (broad SMARTS) is 1. The monoisotopic (exact) mass is 696 g/mol. The summed E-state index contributed by atoms with van der Waals surface area (Å²) in [6.45, 7) is 0.320. The third-order valence-electron chi connectivity index (χ3n) is 9.05. The van der Waals surface area contributed by atoms with Crippen LogP contribution >= 0.6 is 0 Å². The van der Waals surface area contributed by atoms with Crippen molar-refractivity contribution in [2.24, 2.45) is 45.7 Å². The molecule has 16 heteroatoms. The molecule has 12 N–H and O–H groups in total. The first-order chi connectivity index (χ1) is 23.1. The van der Waals surface area contributed by atoms with E-state index < -0.39 is 30.1 Å². The molecule has 1 aromatic carbocycles. The number of amidine groups is 1. The van der Waals surface area contributed by atoms with Gasteiger partial charge in [0.2, 0.25) is 17.7 Å². The highest BCUT2D eigenvalue weighted by Gasteiger charge is 2.38. The normalized spacial score (nSPS) is 17.3. The number of guanidine groups is 1. The predicted octanol–water partition coefficient (Wildman–Crippen LogP) is 2.82. The van der Waals surface area contributed by atoms with Crippen molar-refractivity contribution in [2.45, 2.75) is 108 Å². The number of carboxylic acids is 1. The molecule has 3 atom stereocenters. The Balaban J connectivity index is 0.00000107. The summed E-state index contributed by atoms with van der Waals surface area (Å²) in [6.07, 6.45) is 7.50. The van der Waals surface area contributed by atoms with Gasteiger partial charge in [-0.05, 0) is 55.9 Å². The zero-order chi connectivity index (χ0) is 36.6. The van der Waals surface area contributed by atoms with E-state index in [1.807, 2.05) is 24.3 Å². The number of aliphatic imine (C=N–C) groups is 1. The first kappa shape index (κ1) is 40.8. The molecule has 1 unspecified atom stereocenters. The summed E-state index contributed by atoms with van der Waals surface area (Å²) in [6, 6.07) is 5.82. The number of amides is 3. The lowest BCUT2D eigenvalue weighted by Gasteiger charge is -2.32. The minimum absolute atomic E-state index is 0.00481. The molecule has 3 amide bonds. The number of halogens is 3. The number of carbonyl (C=O) groups excluding carboxylic acids is 3. The van der Waals surface area contributed by atoms with E-state index >= 15 is 0 Å². The number of primary amides is 1. The van der Waals surface area contributed by atoms with E-state index in [2.05, 4.69) is 15.6 Å². The number of carbonyl (C=O) groups is 4. The van der Waals surface area contributed by atoms with Crippen LogP contribution < -0.4 is 33.6 Å². The van der Waals surface area contributed by atoms with Crippen molar-refractivity contribution in [2.75, 3.05) is 6.54 Å². The fourth-order valence-electron chi connectivity index (χ4n) is 6.41. The van der Waals surface area contributed by atoms with Gasteiger partial charge >= 0.3 is 12.1 Å². The molecule has 2 aliphatic rings. The van der Waals surface area contributed by atoms with Gasteiger partial charge in [-0.25, -0.2) is 4.79 Å². The number of rotatable bonds is 15. The van der Waals surface area contributed by atoms with Crippen LogP contribution in [0.5, 0.6) is 0 Å². The van der Waals surface area contributed by atoms with Crippen LogP contribution in [-0.2, 0) is 25.6 Å². The summed E-state index contributed by atoms with van der Waals surface area (Å²) in [5.41, 5.74) is 23.7. The van der Waals surface area contributed by atoms with Gasteiger partial charge in [0, 0.05) is 18.0 Å². The molecular weight excluding hydrogens is 645 g/mol. The van der Waals surface area contributed by atoms with E-state index in [0.29, 0.717) is 43.7 Å². The molecule has 2 fully saturated rings. The van der Waals surface area contributed by atoms with Crippen molar-refractivity contribution in [3.63, 3.8) is 0 Å². The lowest BCUT2D eigenvalue weighted by atomic mass is 9.76. The Morgan fingerprint density at radius 2 is 1.39 bits per heavy atom. The van der Waals surface area contributed by atoms with E-state index in [1.165, 1.54) is 12.8 Å². The summed E-state index contributed by atoms with van der Waals surface area (Å²) in [5.74, 6) is -3.67. The van der Waals surface area contributed by atoms with Crippen molar-refractivity contribution in [1.82, 2.24) is 10.6 Å². The molecule has 0 saturated heterocycles. The summed E-state index contributed by atoms with van der Waals surface area (Å²) < 4.78 is 31.7. The number of benzene rings is 1. The molecular formula is C33H51F3N8O5. The lowest BCUT2D eigenvalue weighted by molar-refractivity contribution is -0.192. The van der Waals surface area contributed by atoms with E-state index in [1.54, 1.807) is 0 Å². The van der Waals surface area contributed by atoms with Crippen molar-refractivity contribution >= 4 is 35.5 Å². The lowest BCUT2D eigenvalue weighted by Crippen LogP contribution is -2.55. The van der Waals surface area contributed by atoms with E-state index in [4.69, 9.17) is 38.2 Å². The predicted molar refractivity (Wildman–Crippen MR) is 179 cm³/mol. The fraction of sp³-hybridized carbons (Fsp3) is 0.636. The number of hydrogen-bond acceptors (Lipinski definition) is 6. The Labute approximate surface area is 284 Å². The van der Waals surface area contributed by atoms with Gasteiger partial charge in [-0.1, -0.05) is 75.6 Å². The van der Waals surface area contributed by atoms with Gasteiger partial charge in [0.15, 0.2) is 5.96 Å². The number of nitrogens with two attached hydrogens (primary N) is 4. The van der Waals surface area contributed by atoms with Crippen LogP contribution in [0.25, 0.3) is 0 Å². The SMILES string of the molecule is N=C(N)c1ccc(C[C@H](C(=O)N[C@@H](CC2CCCCC2)C(=O)NC(CCCN=C(N)N)C(N)=O)C2CCCCC2)cc1.O=C(O)C(F)(F)F. The third kappa shape index (κ3) is 15.2. The van der Waals surface area contributed by atoms with Crippen LogP contribution in [0.4, 0.5) is 13.2 Å². The maximum Gasteiger partial charge on any atom is 0.490 e. The first-order valence-electron chi connectivity index (χ1n) is 16.8. The number of nitrogen functional groups attached to an aromatic ring is 1. The van der Waals surface area contributed by atoms with Crippen molar-refractivity contribution < 1.29 is 37.5 Å². The summed E-state index contributed by atoms with van der Waals surface area (Å²) in [5, 5.41) is 20.7. The van der Waals surface area contributed by atoms with Gasteiger partial charge in [0.25, 0.3) is 0 Å². The molecule has 0 aliphatic heterocycles. The second kappa shape index (κ2) is 20.2. The molecule has 0 radical (unpaired) electrons. The Hall–Kier alpha value is -4.37. The van der Waals surface area contributed by atoms with Gasteiger partial charge in [0.1, 0.15) is 17.9 Å². The van der Waals surface area contributed by atoms with Crippen molar-refractivity contribution in [3.8, 4) is 0 Å². The minimum Gasteiger partial charge on any atom is -0.475 e. The molecule has 1 aromatic rings. The first-order valence-corrected chi connectivity index (χ1v) is 16.8. The Bertz CT molecular complexity index is 1280. The average molecular weight is 697 g/mol. The molecule has 0 heterocycles. The quantitative estimate of drug-likeness (QED) is 0.0767. The molecule has 13 nitrogen and oxygen atoms in total. The number of nitrogens with zero attached hydrogens (tertiary/aromatic N) is 1. The van der Waals surface area contributed by atoms with Crippen LogP contribution in [-0.4, -0.2) is 65.4 Å². The summed E-state index contributed by atoms with van der Waals surface area (Å²) in [4.78, 5) is 52.7. The Morgan fingerprint density at radius 1 is 0.857 bits per heavy atom. The van der Waals surface area contributed by atoms with Gasteiger partial charge < -0.3 is 38.7 Å². The highest BCUT2D eigenvalue weighted by Crippen LogP contribution is 2.33. The van der Waals surface area contributed by atoms with E-state index in [-0.39, 0.29) is 35.4 Å². The number of aliphatic carboxylic acids is 1. The summed E-state index contributed by atoms with van der Waals surface area (Å²) >= 11 is 0. The third-order valence-corrected chi connectivity index (χ3v) is 9.05. The molecule has 2 aliphatic carbocycles. The van der Waals surface area contributed by atoms with Crippen LogP contribution in [0, 0.1) is 23.2 Å². The molecule has 0 spiro atoms. The number of alkyl halides is 3. The second-order valence-electron chi connectivity index (χ2n) is 12.8. The van der Waals surface area contributed by atoms with Crippen LogP contribution in [0.3, 0.4) is 0 Å². The standard InChI is InChI=1S/C31H50N8O3.C2HF3O2/c32-27(33)23-15-13-21(14-16-23)18-24(22-10-5-2-6-11-22)29(41)39-26(19-20-8-3-1-4-9-20)30(42)38-25(28(34)40)12-7-17-37-31(35)36;3-2(4,5)1(6)7/h13-16,20,22,24-26H,1-12,17-19H2,(H3,32,33)(H2,34,40)(H,38,42)(H,39,41)(H4,35,36,37);(H,6,7)/t24-,25?,26-;/m0./s1. The van der Waals surface area contributed by atoms with E-state index in [0.717, 1.165) is 56.9 Å². The summed E-state index contributed by atoms with van der Waals surface area (Å²) in [7, 11) is 0. The highest BCUT2D eigenvalue weighted by atomic mass is 19.4. The fourth-order valence-corrected chi connectivity index (χ4v) is 6.41. The highest BCUT2D eigenvalue weighted by molar-refractivity contribution is 5.95. The van der Waals surface area contributed by atoms with Gasteiger partial charge in [-0.2, -0.15) is 13.2 Å². The van der Waals surface area contributed by atoms with Gasteiger partial charge in [-0.15, -0.1) is 0 Å². The molecule has 0 aromatic heterocycles. The maximum absolute atomic E-state index is 14.0. The Kier molecular flexibility index (Phi) is 16.8. The zero-order valence-corrected chi connectivity index (χ0v) is 27.8.